The van der Waals surface area contributed by atoms with Gasteiger partial charge in [0.15, 0.2) is 0 Å². The van der Waals surface area contributed by atoms with Gasteiger partial charge in [-0.1, -0.05) is 12.1 Å². The van der Waals surface area contributed by atoms with E-state index < -0.39 is 0 Å². The molecule has 0 saturated carbocycles. The van der Waals surface area contributed by atoms with Gasteiger partial charge in [-0.05, 0) is 32.1 Å². The lowest BCUT2D eigenvalue weighted by Crippen LogP contribution is -2.19. The third-order valence-electron chi connectivity index (χ3n) is 2.23. The largest absolute Gasteiger partial charge is 0.320 e. The molecule has 1 aromatic carbocycles. The minimum Gasteiger partial charge on any atom is -0.320 e. The molecular weight excluding hydrogens is 206 g/mol. The van der Waals surface area contributed by atoms with Gasteiger partial charge in [0.2, 0.25) is 0 Å². The van der Waals surface area contributed by atoms with E-state index >= 15 is 0 Å². The van der Waals surface area contributed by atoms with Gasteiger partial charge in [-0.25, -0.2) is 0 Å². The van der Waals surface area contributed by atoms with Crippen LogP contribution in [0.2, 0.25) is 0 Å². The Balaban J connectivity index is 2.36. The number of nitro groups is 1. The van der Waals surface area contributed by atoms with Crippen LogP contribution in [0.4, 0.5) is 5.69 Å². The van der Waals surface area contributed by atoms with Crippen molar-refractivity contribution in [2.75, 3.05) is 20.1 Å². The molecule has 0 aliphatic carbocycles. The zero-order valence-corrected chi connectivity index (χ0v) is 9.40. The van der Waals surface area contributed by atoms with E-state index in [-0.39, 0.29) is 10.6 Å². The third kappa shape index (κ3) is 4.37. The van der Waals surface area contributed by atoms with Crippen LogP contribution in [0.25, 0.3) is 0 Å². The van der Waals surface area contributed by atoms with Gasteiger partial charge in [0.25, 0.3) is 5.69 Å². The van der Waals surface area contributed by atoms with Crippen LogP contribution >= 0.6 is 0 Å². The predicted octanol–water partition coefficient (Wildman–Crippen LogP) is 1.29. The van der Waals surface area contributed by atoms with Crippen molar-refractivity contribution < 1.29 is 4.92 Å². The van der Waals surface area contributed by atoms with Crippen LogP contribution in [-0.4, -0.2) is 25.1 Å². The van der Waals surface area contributed by atoms with Crippen molar-refractivity contribution in [2.45, 2.75) is 13.0 Å². The molecule has 1 aromatic rings. The fraction of sp³-hybridized carbons (Fsp3) is 0.455. The molecule has 1 rings (SSSR count). The average Bonchev–Trinajstić information content (AvgIpc) is 2.29. The monoisotopic (exact) mass is 223 g/mol. The molecule has 0 aliphatic heterocycles. The van der Waals surface area contributed by atoms with Crippen molar-refractivity contribution in [3.63, 3.8) is 0 Å². The molecule has 0 spiro atoms. The Morgan fingerprint density at radius 1 is 1.38 bits per heavy atom. The van der Waals surface area contributed by atoms with E-state index in [9.17, 15) is 10.1 Å². The van der Waals surface area contributed by atoms with Crippen LogP contribution in [0.1, 0.15) is 12.0 Å². The molecule has 0 aliphatic rings. The van der Waals surface area contributed by atoms with Gasteiger partial charge in [0.05, 0.1) is 4.92 Å². The summed E-state index contributed by atoms with van der Waals surface area (Å²) in [6.45, 7) is 2.55. The first-order chi connectivity index (χ1) is 7.74. The highest BCUT2D eigenvalue weighted by molar-refractivity contribution is 5.34. The molecule has 0 atom stereocenters. The number of hydrogen-bond acceptors (Lipinski definition) is 4. The molecular formula is C11H17N3O2. The molecule has 2 N–H and O–H groups in total. The number of nitrogens with zero attached hydrogens (tertiary/aromatic N) is 1. The van der Waals surface area contributed by atoms with Crippen LogP contribution in [0.3, 0.4) is 0 Å². The van der Waals surface area contributed by atoms with Crippen LogP contribution in [0.5, 0.6) is 0 Å². The summed E-state index contributed by atoms with van der Waals surface area (Å²) in [7, 11) is 1.92. The Bertz CT molecular complexity index is 342. The second kappa shape index (κ2) is 6.92. The van der Waals surface area contributed by atoms with Crippen LogP contribution < -0.4 is 10.6 Å². The number of nitro benzene ring substituents is 1. The molecule has 0 saturated heterocycles. The first-order valence-corrected chi connectivity index (χ1v) is 5.32. The molecule has 0 heterocycles. The summed E-state index contributed by atoms with van der Waals surface area (Å²) in [6, 6.07) is 6.70. The topological polar surface area (TPSA) is 67.2 Å². The second-order valence-electron chi connectivity index (χ2n) is 3.56. The van der Waals surface area contributed by atoms with Crippen LogP contribution in [0.15, 0.2) is 24.3 Å². The summed E-state index contributed by atoms with van der Waals surface area (Å²) in [5.74, 6) is 0. The van der Waals surface area contributed by atoms with Crippen molar-refractivity contribution in [2.24, 2.45) is 0 Å². The van der Waals surface area contributed by atoms with E-state index in [0.717, 1.165) is 25.1 Å². The first kappa shape index (κ1) is 12.6. The zero-order chi connectivity index (χ0) is 11.8. The summed E-state index contributed by atoms with van der Waals surface area (Å²) in [4.78, 5) is 10.2. The third-order valence-corrected chi connectivity index (χ3v) is 2.23. The number of hydrogen-bond donors (Lipinski definition) is 2. The molecule has 0 unspecified atom stereocenters. The summed E-state index contributed by atoms with van der Waals surface area (Å²) in [5.41, 5.74) is 1.09. The van der Waals surface area contributed by atoms with Gasteiger partial charge >= 0.3 is 0 Å². The van der Waals surface area contributed by atoms with Crippen molar-refractivity contribution >= 4 is 5.69 Å². The quantitative estimate of drug-likeness (QED) is 0.415. The lowest BCUT2D eigenvalue weighted by atomic mass is 10.2. The van der Waals surface area contributed by atoms with E-state index in [4.69, 9.17) is 0 Å². The van der Waals surface area contributed by atoms with E-state index in [1.807, 2.05) is 13.1 Å². The number of benzene rings is 1. The van der Waals surface area contributed by atoms with Gasteiger partial charge in [0, 0.05) is 18.7 Å². The Morgan fingerprint density at radius 3 is 2.88 bits per heavy atom. The van der Waals surface area contributed by atoms with Crippen LogP contribution in [0, 0.1) is 10.1 Å². The Morgan fingerprint density at radius 2 is 2.19 bits per heavy atom. The lowest BCUT2D eigenvalue weighted by molar-refractivity contribution is -0.384. The van der Waals surface area contributed by atoms with E-state index in [2.05, 4.69) is 10.6 Å². The number of nitrogens with one attached hydrogen (secondary N) is 2. The molecule has 0 fully saturated rings. The maximum Gasteiger partial charge on any atom is 0.269 e. The summed E-state index contributed by atoms with van der Waals surface area (Å²) in [5, 5.41) is 16.8. The SMILES string of the molecule is CNCCCNCc1cccc([N+](=O)[O-])c1. The first-order valence-electron chi connectivity index (χ1n) is 5.32. The van der Waals surface area contributed by atoms with E-state index in [1.54, 1.807) is 12.1 Å². The normalized spacial score (nSPS) is 10.3. The van der Waals surface area contributed by atoms with E-state index in [1.165, 1.54) is 6.07 Å². The second-order valence-corrected chi connectivity index (χ2v) is 3.56. The Labute approximate surface area is 95.0 Å². The minimum absolute atomic E-state index is 0.148. The highest BCUT2D eigenvalue weighted by atomic mass is 16.6. The summed E-state index contributed by atoms with van der Waals surface area (Å²) < 4.78 is 0. The van der Waals surface area contributed by atoms with Crippen molar-refractivity contribution in [1.82, 2.24) is 10.6 Å². The zero-order valence-electron chi connectivity index (χ0n) is 9.40. The molecule has 0 radical (unpaired) electrons. The molecule has 0 aromatic heterocycles. The van der Waals surface area contributed by atoms with Crippen LogP contribution in [-0.2, 0) is 6.54 Å². The maximum absolute atomic E-state index is 10.5. The Hall–Kier alpha value is -1.46. The summed E-state index contributed by atoms with van der Waals surface area (Å²) >= 11 is 0. The van der Waals surface area contributed by atoms with Crippen molar-refractivity contribution in [1.29, 1.82) is 0 Å². The highest BCUT2D eigenvalue weighted by Gasteiger charge is 2.04. The summed E-state index contributed by atoms with van der Waals surface area (Å²) in [6.07, 6.45) is 1.05. The average molecular weight is 223 g/mol. The highest BCUT2D eigenvalue weighted by Crippen LogP contribution is 2.12. The smallest absolute Gasteiger partial charge is 0.269 e. The molecule has 5 heteroatoms. The molecule has 0 amide bonds. The minimum atomic E-state index is -0.371. The van der Waals surface area contributed by atoms with Crippen molar-refractivity contribution in [3.05, 3.63) is 39.9 Å². The van der Waals surface area contributed by atoms with Gasteiger partial charge < -0.3 is 10.6 Å². The molecule has 0 bridgehead atoms. The number of rotatable bonds is 7. The van der Waals surface area contributed by atoms with Gasteiger partial charge in [-0.2, -0.15) is 0 Å². The number of non-ortho nitro benzene ring substituents is 1. The van der Waals surface area contributed by atoms with Gasteiger partial charge in [-0.3, -0.25) is 10.1 Å². The predicted molar refractivity (Wildman–Crippen MR) is 63.3 cm³/mol. The van der Waals surface area contributed by atoms with Crippen molar-refractivity contribution in [3.8, 4) is 0 Å². The molecule has 5 nitrogen and oxygen atoms in total. The fourth-order valence-electron chi connectivity index (χ4n) is 1.40. The fourth-order valence-corrected chi connectivity index (χ4v) is 1.40. The maximum atomic E-state index is 10.5. The Kier molecular flexibility index (Phi) is 5.45. The molecule has 16 heavy (non-hydrogen) atoms. The standard InChI is InChI=1S/C11H17N3O2/c1-12-6-3-7-13-9-10-4-2-5-11(8-10)14(15)16/h2,4-5,8,12-13H,3,6-7,9H2,1H3. The van der Waals surface area contributed by atoms with Gasteiger partial charge in [-0.15, -0.1) is 0 Å². The lowest BCUT2D eigenvalue weighted by Gasteiger charge is -2.04. The van der Waals surface area contributed by atoms with Gasteiger partial charge in [0.1, 0.15) is 0 Å². The van der Waals surface area contributed by atoms with E-state index in [0.29, 0.717) is 6.54 Å². The molecule has 88 valence electrons.